The first kappa shape index (κ1) is 14.5. The first-order valence-corrected chi connectivity index (χ1v) is 7.42. The summed E-state index contributed by atoms with van der Waals surface area (Å²) in [7, 11) is 4.66. The molecule has 0 N–H and O–H groups in total. The number of aryl methyl sites for hydroxylation is 1. The first-order chi connectivity index (χ1) is 11.5. The molecule has 0 amide bonds. The molecule has 0 saturated carbocycles. The highest BCUT2D eigenvalue weighted by molar-refractivity contribution is 5.82. The van der Waals surface area contributed by atoms with Gasteiger partial charge in [-0.25, -0.2) is 9.78 Å². The topological polar surface area (TPSA) is 75.4 Å². The van der Waals surface area contributed by atoms with Gasteiger partial charge in [0, 0.05) is 25.2 Å². The van der Waals surface area contributed by atoms with Gasteiger partial charge in [-0.1, -0.05) is 0 Å². The van der Waals surface area contributed by atoms with Gasteiger partial charge in [-0.15, -0.1) is 0 Å². The molecule has 1 aliphatic rings. The van der Waals surface area contributed by atoms with Gasteiger partial charge in [0.2, 0.25) is 0 Å². The molecular formula is C17H15N3O4. The maximum Gasteiger partial charge on any atom is 0.331 e. The lowest BCUT2D eigenvalue weighted by Crippen LogP contribution is -2.37. The van der Waals surface area contributed by atoms with E-state index >= 15 is 0 Å². The molecule has 122 valence electrons. The van der Waals surface area contributed by atoms with Crippen LogP contribution in [0, 0.1) is 0 Å². The summed E-state index contributed by atoms with van der Waals surface area (Å²) in [6.45, 7) is 0.334. The summed E-state index contributed by atoms with van der Waals surface area (Å²) in [6.07, 6.45) is 0. The van der Waals surface area contributed by atoms with E-state index in [9.17, 15) is 9.59 Å². The van der Waals surface area contributed by atoms with E-state index in [0.717, 1.165) is 15.7 Å². The number of aromatic nitrogens is 3. The lowest BCUT2D eigenvalue weighted by Gasteiger charge is -2.21. The average molecular weight is 325 g/mol. The zero-order chi connectivity index (χ0) is 17.0. The molecule has 1 aliphatic heterocycles. The predicted molar refractivity (Wildman–Crippen MR) is 88.5 cm³/mol. The molecular weight excluding hydrogens is 310 g/mol. The molecule has 0 bridgehead atoms. The third kappa shape index (κ3) is 1.87. The predicted octanol–water partition coefficient (Wildman–Crippen LogP) is 1.20. The second-order valence-corrected chi connectivity index (χ2v) is 5.72. The summed E-state index contributed by atoms with van der Waals surface area (Å²) in [5.41, 5.74) is 2.24. The van der Waals surface area contributed by atoms with Gasteiger partial charge in [-0.2, -0.15) is 0 Å². The number of rotatable bonds is 1. The van der Waals surface area contributed by atoms with E-state index < -0.39 is 5.56 Å². The summed E-state index contributed by atoms with van der Waals surface area (Å²) in [4.78, 5) is 29.1. The fraction of sp³-hybridized carbons (Fsp3) is 0.235. The van der Waals surface area contributed by atoms with Crippen molar-refractivity contribution in [2.45, 2.75) is 6.61 Å². The molecule has 0 aliphatic carbocycles. The maximum absolute atomic E-state index is 12.5. The van der Waals surface area contributed by atoms with Crippen LogP contribution >= 0.6 is 0 Å². The van der Waals surface area contributed by atoms with E-state index in [1.54, 1.807) is 20.2 Å². The Balaban J connectivity index is 2.10. The number of ether oxygens (including phenoxy) is 2. The van der Waals surface area contributed by atoms with Gasteiger partial charge in [-0.05, 0) is 24.3 Å². The smallest absolute Gasteiger partial charge is 0.331 e. The average Bonchev–Trinajstić information content (AvgIpc) is 2.62. The molecule has 0 unspecified atom stereocenters. The van der Waals surface area contributed by atoms with E-state index in [0.29, 0.717) is 29.3 Å². The van der Waals surface area contributed by atoms with Crippen molar-refractivity contribution in [3.63, 3.8) is 0 Å². The summed E-state index contributed by atoms with van der Waals surface area (Å²) >= 11 is 0. The third-order valence-corrected chi connectivity index (χ3v) is 4.35. The second kappa shape index (κ2) is 4.95. The molecule has 0 saturated heterocycles. The number of nitrogens with zero attached hydrogens (tertiary/aromatic N) is 3. The van der Waals surface area contributed by atoms with Gasteiger partial charge in [0.25, 0.3) is 5.56 Å². The maximum atomic E-state index is 12.5. The van der Waals surface area contributed by atoms with Crippen LogP contribution in [0.2, 0.25) is 0 Å². The second-order valence-electron chi connectivity index (χ2n) is 5.72. The van der Waals surface area contributed by atoms with E-state index in [-0.39, 0.29) is 11.2 Å². The molecule has 7 heteroatoms. The van der Waals surface area contributed by atoms with Gasteiger partial charge in [0.1, 0.15) is 18.1 Å². The quantitative estimate of drug-likeness (QED) is 0.672. The zero-order valence-electron chi connectivity index (χ0n) is 13.5. The first-order valence-electron chi connectivity index (χ1n) is 7.42. The Kier molecular flexibility index (Phi) is 2.99. The standard InChI is InChI=1S/C17H15N3O4/c1-19-12-6-9-8-24-13-5-4-10(23-3)7-11(13)14(9)18-15(12)16(21)20(2)17(19)22/h4-7H,8H2,1-3H3. The van der Waals surface area contributed by atoms with E-state index in [4.69, 9.17) is 9.47 Å². The molecule has 0 fully saturated rings. The zero-order valence-corrected chi connectivity index (χ0v) is 13.5. The number of hydrogen-bond donors (Lipinski definition) is 0. The van der Waals surface area contributed by atoms with E-state index in [1.807, 2.05) is 18.2 Å². The lowest BCUT2D eigenvalue weighted by atomic mass is 10.0. The normalized spacial score (nSPS) is 12.5. The molecule has 7 nitrogen and oxygen atoms in total. The SMILES string of the molecule is COc1ccc2c(c1)-c1nc3c(=O)n(C)c(=O)n(C)c3cc1CO2. The van der Waals surface area contributed by atoms with Crippen LogP contribution in [0.15, 0.2) is 33.9 Å². The number of fused-ring (bicyclic) bond motifs is 4. The van der Waals surface area contributed by atoms with Crippen LogP contribution in [-0.2, 0) is 20.7 Å². The molecule has 2 aromatic heterocycles. The molecule has 3 aromatic rings. The van der Waals surface area contributed by atoms with Crippen LogP contribution in [0.25, 0.3) is 22.3 Å². The lowest BCUT2D eigenvalue weighted by molar-refractivity contribution is 0.301. The van der Waals surface area contributed by atoms with Crippen molar-refractivity contribution >= 4 is 11.0 Å². The minimum Gasteiger partial charge on any atom is -0.497 e. The molecule has 24 heavy (non-hydrogen) atoms. The molecule has 0 spiro atoms. The number of hydrogen-bond acceptors (Lipinski definition) is 5. The van der Waals surface area contributed by atoms with Crippen molar-refractivity contribution in [2.24, 2.45) is 14.1 Å². The van der Waals surface area contributed by atoms with E-state index in [2.05, 4.69) is 4.98 Å². The molecule has 1 aromatic carbocycles. The van der Waals surface area contributed by atoms with Crippen molar-refractivity contribution in [3.05, 3.63) is 50.7 Å². The Morgan fingerprint density at radius 3 is 2.71 bits per heavy atom. The highest BCUT2D eigenvalue weighted by Gasteiger charge is 2.22. The van der Waals surface area contributed by atoms with Crippen molar-refractivity contribution in [2.75, 3.05) is 7.11 Å². The van der Waals surface area contributed by atoms with Gasteiger partial charge < -0.3 is 9.47 Å². The third-order valence-electron chi connectivity index (χ3n) is 4.35. The Bertz CT molecular complexity index is 1110. The summed E-state index contributed by atoms with van der Waals surface area (Å²) in [5.74, 6) is 1.37. The largest absolute Gasteiger partial charge is 0.497 e. The Morgan fingerprint density at radius 2 is 1.96 bits per heavy atom. The van der Waals surface area contributed by atoms with Gasteiger partial charge in [0.05, 0.1) is 18.3 Å². The highest BCUT2D eigenvalue weighted by atomic mass is 16.5. The van der Waals surface area contributed by atoms with Gasteiger partial charge in [-0.3, -0.25) is 13.9 Å². The molecule has 4 rings (SSSR count). The van der Waals surface area contributed by atoms with Crippen LogP contribution in [0.4, 0.5) is 0 Å². The van der Waals surface area contributed by atoms with E-state index in [1.165, 1.54) is 11.6 Å². The van der Waals surface area contributed by atoms with Crippen molar-refractivity contribution < 1.29 is 9.47 Å². The number of methoxy groups -OCH3 is 1. The van der Waals surface area contributed by atoms with Crippen LogP contribution in [0.3, 0.4) is 0 Å². The summed E-state index contributed by atoms with van der Waals surface area (Å²) in [6, 6.07) is 7.26. The highest BCUT2D eigenvalue weighted by Crippen LogP contribution is 2.39. The molecule has 3 heterocycles. The fourth-order valence-electron chi connectivity index (χ4n) is 2.98. The van der Waals surface area contributed by atoms with Crippen molar-refractivity contribution in [1.29, 1.82) is 0 Å². The van der Waals surface area contributed by atoms with Crippen LogP contribution in [0.1, 0.15) is 5.56 Å². The summed E-state index contributed by atoms with van der Waals surface area (Å²) in [5, 5.41) is 0. The minimum atomic E-state index is -0.410. The van der Waals surface area contributed by atoms with Crippen molar-refractivity contribution in [3.8, 4) is 22.8 Å². The van der Waals surface area contributed by atoms with Gasteiger partial charge >= 0.3 is 5.69 Å². The molecule has 0 radical (unpaired) electrons. The van der Waals surface area contributed by atoms with Crippen LogP contribution in [0.5, 0.6) is 11.5 Å². The molecule has 0 atom stereocenters. The summed E-state index contributed by atoms with van der Waals surface area (Å²) < 4.78 is 13.5. The number of benzene rings is 1. The van der Waals surface area contributed by atoms with Crippen molar-refractivity contribution in [1.82, 2.24) is 14.1 Å². The Hall–Kier alpha value is -3.09. The minimum absolute atomic E-state index is 0.258. The fourth-order valence-corrected chi connectivity index (χ4v) is 2.98. The monoisotopic (exact) mass is 325 g/mol. The van der Waals surface area contributed by atoms with Crippen LogP contribution < -0.4 is 20.7 Å². The van der Waals surface area contributed by atoms with Gasteiger partial charge in [0.15, 0.2) is 5.52 Å². The van der Waals surface area contributed by atoms with Crippen LogP contribution in [-0.4, -0.2) is 21.2 Å². The Labute approximate surface area is 136 Å². The Morgan fingerprint density at radius 1 is 1.17 bits per heavy atom. The number of pyridine rings is 1.